The molecule has 1 atom stereocenters. The molecule has 1 fully saturated rings. The molecule has 8 nitrogen and oxygen atoms in total. The fourth-order valence-corrected chi connectivity index (χ4v) is 3.14. The molecule has 3 rings (SSSR count). The summed E-state index contributed by atoms with van der Waals surface area (Å²) in [7, 11) is 0. The quantitative estimate of drug-likeness (QED) is 0.553. The Bertz CT molecular complexity index is 837. The molecular formula is C19H25IN6O2. The van der Waals surface area contributed by atoms with Crippen molar-refractivity contribution in [3.63, 3.8) is 0 Å². The van der Waals surface area contributed by atoms with Crippen molar-refractivity contribution in [1.29, 1.82) is 0 Å². The molecular weight excluding hydrogens is 471 g/mol. The number of hydrogen-bond acceptors (Lipinski definition) is 7. The van der Waals surface area contributed by atoms with Gasteiger partial charge in [0, 0.05) is 28.4 Å². The first-order chi connectivity index (χ1) is 13.2. The van der Waals surface area contributed by atoms with Gasteiger partial charge in [-0.1, -0.05) is 0 Å². The number of carbonyl (C=O) groups is 1. The summed E-state index contributed by atoms with van der Waals surface area (Å²) in [5.41, 5.74) is 6.87. The Kier molecular flexibility index (Phi) is 6.11. The predicted molar refractivity (Wildman–Crippen MR) is 119 cm³/mol. The van der Waals surface area contributed by atoms with Crippen molar-refractivity contribution in [1.82, 2.24) is 14.9 Å². The number of ether oxygens (including phenoxy) is 1. The maximum absolute atomic E-state index is 12.2. The van der Waals surface area contributed by atoms with Crippen molar-refractivity contribution >= 4 is 51.8 Å². The van der Waals surface area contributed by atoms with Crippen molar-refractivity contribution in [3.8, 4) is 0 Å². The molecule has 28 heavy (non-hydrogen) atoms. The normalized spacial score (nSPS) is 16.7. The number of aromatic nitrogens is 2. The van der Waals surface area contributed by atoms with Gasteiger partial charge in [-0.2, -0.15) is 4.98 Å². The molecule has 9 heteroatoms. The number of benzene rings is 1. The molecule has 0 unspecified atom stereocenters. The minimum atomic E-state index is -0.501. The minimum Gasteiger partial charge on any atom is -0.444 e. The molecule has 0 spiro atoms. The number of nitrogens with one attached hydrogen (secondary N) is 2. The summed E-state index contributed by atoms with van der Waals surface area (Å²) >= 11 is 2.26. The second-order valence-electron chi connectivity index (χ2n) is 7.69. The molecule has 2 aromatic rings. The van der Waals surface area contributed by atoms with E-state index in [1.807, 2.05) is 45.0 Å². The lowest BCUT2D eigenvalue weighted by Gasteiger charge is -2.24. The van der Waals surface area contributed by atoms with E-state index < -0.39 is 5.60 Å². The smallest absolute Gasteiger partial charge is 0.410 e. The van der Waals surface area contributed by atoms with Gasteiger partial charge in [0.05, 0.1) is 11.9 Å². The highest BCUT2D eigenvalue weighted by Gasteiger charge is 2.30. The second kappa shape index (κ2) is 8.38. The number of likely N-dealkylation sites (tertiary alicyclic amines) is 1. The fraction of sp³-hybridized carbons (Fsp3) is 0.421. The number of anilines is 4. The Hall–Kier alpha value is -2.30. The number of amides is 1. The Morgan fingerprint density at radius 1 is 1.32 bits per heavy atom. The molecule has 1 aliphatic rings. The van der Waals surface area contributed by atoms with Crippen LogP contribution in [0, 0.1) is 3.57 Å². The van der Waals surface area contributed by atoms with Gasteiger partial charge in [-0.15, -0.1) is 0 Å². The van der Waals surface area contributed by atoms with Crippen LogP contribution in [0.15, 0.2) is 30.5 Å². The molecule has 150 valence electrons. The van der Waals surface area contributed by atoms with Crippen LogP contribution in [-0.4, -0.2) is 45.7 Å². The monoisotopic (exact) mass is 496 g/mol. The van der Waals surface area contributed by atoms with Gasteiger partial charge >= 0.3 is 6.09 Å². The van der Waals surface area contributed by atoms with Gasteiger partial charge in [0.15, 0.2) is 5.82 Å². The van der Waals surface area contributed by atoms with Gasteiger partial charge in [0.1, 0.15) is 5.60 Å². The van der Waals surface area contributed by atoms with Crippen LogP contribution < -0.4 is 16.4 Å². The van der Waals surface area contributed by atoms with Gasteiger partial charge in [0.25, 0.3) is 0 Å². The van der Waals surface area contributed by atoms with Gasteiger partial charge in [-0.25, -0.2) is 9.78 Å². The first-order valence-electron chi connectivity index (χ1n) is 9.09. The topological polar surface area (TPSA) is 105 Å². The molecule has 0 radical (unpaired) electrons. The van der Waals surface area contributed by atoms with E-state index in [-0.39, 0.29) is 12.1 Å². The Morgan fingerprint density at radius 2 is 2.04 bits per heavy atom. The first-order valence-corrected chi connectivity index (χ1v) is 10.2. The standard InChI is InChI=1S/C19H25IN6O2/c1-19(2,3)28-18(27)26-9-8-14(11-26)24-17-22-10-15(21)16(25-17)23-13-6-4-12(20)5-7-13/h4-7,10,14H,8-9,11,21H2,1-3H3,(H2,22,23,24,25)/t14-/m1/s1. The lowest BCUT2D eigenvalue weighted by atomic mass is 10.2. The van der Waals surface area contributed by atoms with E-state index >= 15 is 0 Å². The van der Waals surface area contributed by atoms with Crippen LogP contribution in [0.5, 0.6) is 0 Å². The van der Waals surface area contributed by atoms with Crippen LogP contribution in [0.25, 0.3) is 0 Å². The number of halogens is 1. The number of hydrogen-bond donors (Lipinski definition) is 3. The zero-order valence-corrected chi connectivity index (χ0v) is 18.4. The molecule has 4 N–H and O–H groups in total. The van der Waals surface area contributed by atoms with Gasteiger partial charge < -0.3 is 26.0 Å². The van der Waals surface area contributed by atoms with Crippen LogP contribution in [0.3, 0.4) is 0 Å². The number of nitrogens with two attached hydrogens (primary N) is 1. The summed E-state index contributed by atoms with van der Waals surface area (Å²) < 4.78 is 6.58. The SMILES string of the molecule is CC(C)(C)OC(=O)N1CC[C@@H](Nc2ncc(N)c(Nc3ccc(I)cc3)n2)C1. The molecule has 1 amide bonds. The molecule has 2 heterocycles. The summed E-state index contributed by atoms with van der Waals surface area (Å²) in [6.07, 6.45) is 2.08. The van der Waals surface area contributed by atoms with Crippen LogP contribution in [-0.2, 0) is 4.74 Å². The average molecular weight is 496 g/mol. The zero-order valence-electron chi connectivity index (χ0n) is 16.2. The van der Waals surface area contributed by atoms with E-state index in [4.69, 9.17) is 10.5 Å². The van der Waals surface area contributed by atoms with Crippen molar-refractivity contribution in [2.75, 3.05) is 29.5 Å². The third-order valence-electron chi connectivity index (χ3n) is 4.10. The van der Waals surface area contributed by atoms with Crippen molar-refractivity contribution < 1.29 is 9.53 Å². The van der Waals surface area contributed by atoms with E-state index in [1.54, 1.807) is 11.1 Å². The van der Waals surface area contributed by atoms with Gasteiger partial charge in [-0.3, -0.25) is 0 Å². The summed E-state index contributed by atoms with van der Waals surface area (Å²) in [5, 5.41) is 6.50. The van der Waals surface area contributed by atoms with Gasteiger partial charge in [0.2, 0.25) is 5.95 Å². The third-order valence-corrected chi connectivity index (χ3v) is 4.82. The van der Waals surface area contributed by atoms with E-state index in [1.165, 1.54) is 0 Å². The summed E-state index contributed by atoms with van der Waals surface area (Å²) in [5.74, 6) is 1.01. The number of rotatable bonds is 4. The molecule has 1 aliphatic heterocycles. The molecule has 0 saturated carbocycles. The Labute approximate surface area is 178 Å². The molecule has 1 aromatic heterocycles. The maximum Gasteiger partial charge on any atom is 0.410 e. The third kappa shape index (κ3) is 5.60. The predicted octanol–water partition coefficient (Wildman–Crippen LogP) is 3.83. The van der Waals surface area contributed by atoms with E-state index in [0.717, 1.165) is 15.7 Å². The molecule has 1 aromatic carbocycles. The lowest BCUT2D eigenvalue weighted by Crippen LogP contribution is -2.36. The van der Waals surface area contributed by atoms with Crippen molar-refractivity contribution in [3.05, 3.63) is 34.0 Å². The fourth-order valence-electron chi connectivity index (χ4n) is 2.78. The van der Waals surface area contributed by atoms with Crippen molar-refractivity contribution in [2.45, 2.75) is 38.8 Å². The summed E-state index contributed by atoms with van der Waals surface area (Å²) in [6, 6.07) is 7.99. The van der Waals surface area contributed by atoms with Crippen molar-refractivity contribution in [2.24, 2.45) is 0 Å². The van der Waals surface area contributed by atoms with Crippen LogP contribution >= 0.6 is 22.6 Å². The van der Waals surface area contributed by atoms with Crippen LogP contribution in [0.1, 0.15) is 27.2 Å². The number of nitrogens with zero attached hydrogens (tertiary/aromatic N) is 3. The Morgan fingerprint density at radius 3 is 2.71 bits per heavy atom. The number of nitrogen functional groups attached to an aromatic ring is 1. The average Bonchev–Trinajstić information content (AvgIpc) is 3.07. The molecule has 0 aliphatic carbocycles. The van der Waals surface area contributed by atoms with Crippen LogP contribution in [0.4, 0.5) is 27.9 Å². The highest BCUT2D eigenvalue weighted by Crippen LogP contribution is 2.23. The van der Waals surface area contributed by atoms with E-state index in [0.29, 0.717) is 30.5 Å². The first kappa shape index (κ1) is 20.4. The second-order valence-corrected chi connectivity index (χ2v) is 8.93. The highest BCUT2D eigenvalue weighted by molar-refractivity contribution is 14.1. The van der Waals surface area contributed by atoms with E-state index in [2.05, 4.69) is 43.2 Å². The van der Waals surface area contributed by atoms with Gasteiger partial charge in [-0.05, 0) is 74.0 Å². The van der Waals surface area contributed by atoms with Crippen LogP contribution in [0.2, 0.25) is 0 Å². The Balaban J connectivity index is 1.62. The molecule has 1 saturated heterocycles. The maximum atomic E-state index is 12.2. The summed E-state index contributed by atoms with van der Waals surface area (Å²) in [6.45, 7) is 6.76. The number of carbonyl (C=O) groups excluding carboxylic acids is 1. The lowest BCUT2D eigenvalue weighted by molar-refractivity contribution is 0.0293. The highest BCUT2D eigenvalue weighted by atomic mass is 127. The van der Waals surface area contributed by atoms with E-state index in [9.17, 15) is 4.79 Å². The minimum absolute atomic E-state index is 0.0577. The zero-order chi connectivity index (χ0) is 20.3. The largest absolute Gasteiger partial charge is 0.444 e. The summed E-state index contributed by atoms with van der Waals surface area (Å²) in [4.78, 5) is 22.7. The molecule has 0 bridgehead atoms.